The first kappa shape index (κ1) is 91.1. The number of ether oxygens (including phenoxy) is 2. The molecule has 0 aliphatic carbocycles. The molecular formula is C90H88N32O12. The average molecular weight is 1810 g/mol. The summed E-state index contributed by atoms with van der Waals surface area (Å²) in [6.45, 7) is 16.5. The van der Waals surface area contributed by atoms with Crippen LogP contribution in [0.3, 0.4) is 0 Å². The Morgan fingerprint density at radius 2 is 0.791 bits per heavy atom. The topological polar surface area (TPSA) is 597 Å². The summed E-state index contributed by atoms with van der Waals surface area (Å²) in [5.41, 5.74) is 28.1. The second-order valence-corrected chi connectivity index (χ2v) is 33.3. The van der Waals surface area contributed by atoms with Crippen molar-refractivity contribution < 1.29 is 43.0 Å². The summed E-state index contributed by atoms with van der Waals surface area (Å²) >= 11 is 0. The zero-order valence-electron chi connectivity index (χ0n) is 73.4. The Morgan fingerprint density at radius 1 is 0.440 bits per heavy atom. The Bertz CT molecular complexity index is 7210. The lowest BCUT2D eigenvalue weighted by Crippen LogP contribution is -2.42. The Morgan fingerprint density at radius 3 is 1.16 bits per heavy atom. The molecule has 0 radical (unpaired) electrons. The van der Waals surface area contributed by atoms with Gasteiger partial charge in [-0.3, -0.25) is 56.3 Å². The molecule has 134 heavy (non-hydrogen) atoms. The van der Waals surface area contributed by atoms with E-state index in [4.69, 9.17) is 48.2 Å². The van der Waals surface area contributed by atoms with Crippen molar-refractivity contribution in [1.82, 2.24) is 102 Å². The van der Waals surface area contributed by atoms with Crippen LogP contribution in [0.4, 0.5) is 56.1 Å². The van der Waals surface area contributed by atoms with E-state index in [1.165, 1.54) is 60.3 Å². The molecule has 0 saturated carbocycles. The first-order valence-electron chi connectivity index (χ1n) is 42.2. The molecule has 4 atom stereocenters. The number of likely N-dealkylation sites (tertiary alicyclic amines) is 3. The number of aromatic nitrogens is 17. The van der Waals surface area contributed by atoms with Gasteiger partial charge in [0.2, 0.25) is 5.91 Å². The number of nitriles is 3. The number of fused-ring (bicyclic) bond motifs is 4. The summed E-state index contributed by atoms with van der Waals surface area (Å²) in [6.07, 6.45) is 7.30. The van der Waals surface area contributed by atoms with E-state index in [1.807, 2.05) is 39.0 Å². The number of hydrogen-bond donors (Lipinski definition) is 8. The lowest BCUT2D eigenvalue weighted by atomic mass is 10.2. The Hall–Kier alpha value is -17.7. The van der Waals surface area contributed by atoms with Gasteiger partial charge >= 0.3 is 29.3 Å². The lowest BCUT2D eigenvalue weighted by Gasteiger charge is -2.26. The molecule has 44 nitrogen and oxygen atoms in total. The normalized spacial score (nSPS) is 16.0. The van der Waals surface area contributed by atoms with Crippen LogP contribution in [0.25, 0.3) is 50.6 Å². The average Bonchev–Trinajstić information content (AvgIpc) is 1.59. The maximum Gasteiger partial charge on any atom is 0.410 e. The molecule has 13 aromatic rings. The minimum Gasteiger partial charge on any atom is -0.444 e. The maximum atomic E-state index is 13.8. The van der Waals surface area contributed by atoms with Gasteiger partial charge in [0.15, 0.2) is 34.4 Å². The number of nitrogen functional groups attached to an aromatic ring is 4. The van der Waals surface area contributed by atoms with Crippen molar-refractivity contribution in [2.24, 2.45) is 0 Å². The van der Waals surface area contributed by atoms with Crippen LogP contribution in [0.5, 0.6) is 0 Å². The Balaban J connectivity index is 0.000000138. The molecule has 4 fully saturated rings. The highest BCUT2D eigenvalue weighted by atomic mass is 16.6. The molecule has 15 heterocycles. The molecule has 0 bridgehead atoms. The minimum absolute atomic E-state index is 0.0303. The third-order valence-electron chi connectivity index (χ3n) is 22.1. The predicted molar refractivity (Wildman–Crippen MR) is 489 cm³/mol. The highest BCUT2D eigenvalue weighted by Gasteiger charge is 2.42. The third kappa shape index (κ3) is 19.4. The molecule has 0 unspecified atom stereocenters. The van der Waals surface area contributed by atoms with E-state index in [-0.39, 0.29) is 118 Å². The number of hydrogen-bond acceptors (Lipinski definition) is 31. The molecule has 10 aromatic heterocycles. The number of carbonyl (C=O) groups excluding carboxylic acids is 7. The summed E-state index contributed by atoms with van der Waals surface area (Å²) in [4.78, 5) is 180. The summed E-state index contributed by atoms with van der Waals surface area (Å²) in [5, 5.41) is 38.2. The van der Waals surface area contributed by atoms with Gasteiger partial charge in [0.05, 0.1) is 47.7 Å². The van der Waals surface area contributed by atoms with E-state index < -0.39 is 40.7 Å². The van der Waals surface area contributed by atoms with E-state index in [2.05, 4.69) is 87.9 Å². The van der Waals surface area contributed by atoms with Gasteiger partial charge in [-0.1, -0.05) is 24.1 Å². The molecule has 680 valence electrons. The van der Waals surface area contributed by atoms with Gasteiger partial charge in [-0.15, -0.1) is 0 Å². The van der Waals surface area contributed by atoms with E-state index in [0.717, 1.165) is 13.0 Å². The zero-order valence-corrected chi connectivity index (χ0v) is 73.4. The van der Waals surface area contributed by atoms with Crippen LogP contribution in [0.2, 0.25) is 0 Å². The SMILES string of the molecule is CC#CC(=O)N1CC[C@@H](n2c(=O)n(-c3ccc(C(=O)Nc4cccc(C#N)n4)cc3)c3c(N)ncnc32)C1.CC(C)(C)OC(=O)N1CC[C@@H](N2C(=O)Cc3c(N)ncnc32)C1.CC(C)(C)OC(=O)N1CC[C@@H](n2c(=O)n(-c3ccc(C(=O)Nc4cccc(C#N)n4)cc3)c3c(N)ncnc32)C1.N#Cc1cccc(NC(=O)c2ccc(-n3c(=O)n([C@@H]4CCNC4)c4ncnc(N)c43)cc2)n1. The maximum absolute atomic E-state index is 13.8. The first-order chi connectivity index (χ1) is 64.3. The second-order valence-electron chi connectivity index (χ2n) is 33.3. The second kappa shape index (κ2) is 38.3. The van der Waals surface area contributed by atoms with Crippen LogP contribution in [0.1, 0.15) is 146 Å². The van der Waals surface area contributed by atoms with Crippen molar-refractivity contribution in [2.45, 2.75) is 116 Å². The molecule has 12 N–H and O–H groups in total. The van der Waals surface area contributed by atoms with Crippen molar-refractivity contribution in [2.75, 3.05) is 96.1 Å². The predicted octanol–water partition coefficient (Wildman–Crippen LogP) is 6.52. The fourth-order valence-corrected chi connectivity index (χ4v) is 16.1. The van der Waals surface area contributed by atoms with Crippen LogP contribution in [0.15, 0.2) is 167 Å². The van der Waals surface area contributed by atoms with Gasteiger partial charge < -0.3 is 68.4 Å². The zero-order chi connectivity index (χ0) is 95.1. The summed E-state index contributed by atoms with van der Waals surface area (Å²) in [6, 6.07) is 38.5. The number of rotatable bonds is 13. The van der Waals surface area contributed by atoms with Crippen molar-refractivity contribution in [3.63, 3.8) is 0 Å². The number of nitrogens with two attached hydrogens (primary N) is 4. The molecule has 4 saturated heterocycles. The monoisotopic (exact) mass is 1810 g/mol. The third-order valence-corrected chi connectivity index (χ3v) is 22.1. The molecule has 0 spiro atoms. The fraction of sp³-hybridized carbons (Fsp3) is 0.289. The lowest BCUT2D eigenvalue weighted by molar-refractivity contribution is -0.124. The molecule has 7 amide bonds. The van der Waals surface area contributed by atoms with Crippen molar-refractivity contribution in [1.29, 1.82) is 15.8 Å². The minimum atomic E-state index is -0.635. The van der Waals surface area contributed by atoms with Crippen LogP contribution in [0, 0.1) is 45.8 Å². The number of imidazole rings is 3. The smallest absolute Gasteiger partial charge is 0.410 e. The first-order valence-corrected chi connectivity index (χ1v) is 42.2. The van der Waals surface area contributed by atoms with Gasteiger partial charge in [0.25, 0.3) is 23.6 Å². The number of pyridine rings is 3. The number of benzene rings is 3. The molecule has 5 aliphatic rings. The van der Waals surface area contributed by atoms with Gasteiger partial charge in [0, 0.05) is 68.1 Å². The molecule has 5 aliphatic heterocycles. The van der Waals surface area contributed by atoms with E-state index >= 15 is 0 Å². The quantitative estimate of drug-likeness (QED) is 0.0569. The van der Waals surface area contributed by atoms with E-state index in [9.17, 15) is 47.9 Å². The summed E-state index contributed by atoms with van der Waals surface area (Å²) in [7, 11) is 0. The Labute approximate surface area is 761 Å². The number of nitrogens with zero attached hydrogens (tertiary/aromatic N) is 24. The van der Waals surface area contributed by atoms with Gasteiger partial charge in [-0.25, -0.2) is 78.8 Å². The largest absolute Gasteiger partial charge is 0.444 e. The van der Waals surface area contributed by atoms with Gasteiger partial charge in [0.1, 0.15) is 117 Å². The number of anilines is 8. The highest BCUT2D eigenvalue weighted by Crippen LogP contribution is 2.36. The number of carbonyl (C=O) groups is 7. The number of amides is 7. The van der Waals surface area contributed by atoms with E-state index in [0.29, 0.717) is 143 Å². The summed E-state index contributed by atoms with van der Waals surface area (Å²) < 4.78 is 19.9. The van der Waals surface area contributed by atoms with Crippen molar-refractivity contribution >= 4 is 122 Å². The van der Waals surface area contributed by atoms with Crippen LogP contribution in [-0.2, 0) is 25.5 Å². The van der Waals surface area contributed by atoms with E-state index in [1.54, 1.807) is 167 Å². The van der Waals surface area contributed by atoms with Gasteiger partial charge in [-0.2, -0.15) is 15.8 Å². The van der Waals surface area contributed by atoms with Crippen molar-refractivity contribution in [3.05, 3.63) is 223 Å². The Kier molecular flexibility index (Phi) is 26.0. The van der Waals surface area contributed by atoms with Crippen molar-refractivity contribution in [3.8, 4) is 47.1 Å². The number of nitrogens with one attached hydrogen (secondary N) is 4. The fourth-order valence-electron chi connectivity index (χ4n) is 16.1. The van der Waals surface area contributed by atoms with Gasteiger partial charge in [-0.05, 0) is 196 Å². The molecule has 44 heteroatoms. The standard InChI is InChI=1S/C27H27N9O4.C26H21N9O3.C22H19N9O2.C15H21N5O3/c1-27(2,3)40-26(39)34-12-11-19(14-34)36-23-21(22(29)30-15-31-23)35(25(36)38)18-9-7-16(8-10-18)24(37)33-20-6-4-5-17(13-28)32-20;1-2-4-21(36)33-12-11-19(14-33)35-24-22(23(28)29-15-30-24)34(26(35)38)18-9-7-16(8-10-18)25(37)32-20-6-3-5-17(13-27)31-20;23-10-14-2-1-3-17(28-14)29-21(32)13-4-6-15(7-5-13)30-18-19(24)26-12-27-20(18)31(22(30)33)16-8-9-25-11-16;1-15(2,3)23-14(22)19-5-4-9(7-19)20-11(21)6-10-12(16)17-8-18-13(10)20/h4-10,15,19H,11-12,14H2,1-3H3,(H2,29,30,31)(H,32,33,37);3,5-10,15,19H,11-12,14H2,1H3,(H2,28,29,30)(H,31,32,37);1-7,12,16,25H,8-9,11H2,(H2,24,26,27)(H,28,29,32);8-9H,4-7H2,1-3H3,(H2,16,17,18)/t2*19-;16-;9-/m1111/s1. The molecular weight excluding hydrogens is 1720 g/mol. The van der Waals surface area contributed by atoms with Crippen LogP contribution >= 0.6 is 0 Å². The summed E-state index contributed by atoms with van der Waals surface area (Å²) in [5.74, 6) is 5.67. The molecule has 3 aromatic carbocycles. The van der Waals surface area contributed by atoms with Crippen LogP contribution in [-0.4, -0.2) is 208 Å². The highest BCUT2D eigenvalue weighted by molar-refractivity contribution is 6.06. The molecule has 18 rings (SSSR count). The van der Waals surface area contributed by atoms with Crippen LogP contribution < -0.4 is 66.2 Å².